The van der Waals surface area contributed by atoms with Gasteiger partial charge in [-0.15, -0.1) is 0 Å². The first-order valence-corrected chi connectivity index (χ1v) is 30.6. The third-order valence-electron chi connectivity index (χ3n) is 15.1. The highest BCUT2D eigenvalue weighted by Gasteiger charge is 2.51. The van der Waals surface area contributed by atoms with Crippen molar-refractivity contribution in [3.63, 3.8) is 0 Å². The lowest BCUT2D eigenvalue weighted by molar-refractivity contribution is -0.359. The second kappa shape index (κ2) is 46.4. The third kappa shape index (κ3) is 31.8. The van der Waals surface area contributed by atoms with Gasteiger partial charge in [0.15, 0.2) is 12.6 Å². The van der Waals surface area contributed by atoms with E-state index in [1.165, 1.54) is 186 Å². The van der Waals surface area contributed by atoms with Crippen LogP contribution in [0, 0.1) is 0 Å². The second-order valence-corrected chi connectivity index (χ2v) is 21.8. The fraction of sp³-hybridized carbons (Fsp3) is 0.917. The Morgan fingerprint density at radius 1 is 0.473 bits per heavy atom. The molecule has 2 aliphatic rings. The van der Waals surface area contributed by atoms with Crippen LogP contribution in [0.3, 0.4) is 0 Å². The predicted octanol–water partition coefficient (Wildman–Crippen LogP) is 10.4. The molecule has 14 heteroatoms. The van der Waals surface area contributed by atoms with Crippen molar-refractivity contribution in [1.29, 1.82) is 0 Å². The Labute approximate surface area is 449 Å². The van der Waals surface area contributed by atoms with E-state index in [9.17, 15) is 45.6 Å². The van der Waals surface area contributed by atoms with Crippen LogP contribution < -0.4 is 5.32 Å². The second-order valence-electron chi connectivity index (χ2n) is 21.8. The Kier molecular flexibility index (Phi) is 43.0. The monoisotopic (exact) mass is 1060 g/mol. The van der Waals surface area contributed by atoms with Crippen LogP contribution in [0.1, 0.15) is 258 Å². The number of ether oxygens (including phenoxy) is 4. The van der Waals surface area contributed by atoms with Gasteiger partial charge < -0.3 is 65.1 Å². The molecule has 0 aromatic rings. The average molecular weight is 1060 g/mol. The fourth-order valence-corrected chi connectivity index (χ4v) is 10.2. The number of allylic oxidation sites excluding steroid dienone is 3. The SMILES string of the molecule is CCCCCCCC/C=C\CCCCCCCCCC(=O)NC(COC1OC(CO)C(OC2OC(CO)C(O)C(O)C2O)C(O)C1O)C(O)/C=C/CCCCCCCCCCCCCCCCCCCCCCC. The maximum atomic E-state index is 13.2. The summed E-state index contributed by atoms with van der Waals surface area (Å²) in [5.74, 6) is -0.241. The normalized spacial score (nSPS) is 25.3. The Balaban J connectivity index is 1.76. The van der Waals surface area contributed by atoms with Gasteiger partial charge in [-0.1, -0.05) is 231 Å². The molecule has 0 radical (unpaired) electrons. The zero-order valence-corrected chi connectivity index (χ0v) is 46.8. The highest BCUT2D eigenvalue weighted by atomic mass is 16.7. The van der Waals surface area contributed by atoms with Gasteiger partial charge in [-0.3, -0.25) is 4.79 Å². The highest BCUT2D eigenvalue weighted by Crippen LogP contribution is 2.30. The third-order valence-corrected chi connectivity index (χ3v) is 15.1. The van der Waals surface area contributed by atoms with Crippen molar-refractivity contribution in [2.75, 3.05) is 19.8 Å². The van der Waals surface area contributed by atoms with Gasteiger partial charge in [-0.05, 0) is 44.9 Å². The van der Waals surface area contributed by atoms with Crippen LogP contribution >= 0.6 is 0 Å². The zero-order chi connectivity index (χ0) is 53.9. The predicted molar refractivity (Wildman–Crippen MR) is 295 cm³/mol. The largest absolute Gasteiger partial charge is 0.394 e. The summed E-state index contributed by atoms with van der Waals surface area (Å²) in [5, 5.41) is 87.1. The zero-order valence-electron chi connectivity index (χ0n) is 46.8. The van der Waals surface area contributed by atoms with Gasteiger partial charge in [0, 0.05) is 6.42 Å². The van der Waals surface area contributed by atoms with E-state index in [0.29, 0.717) is 6.42 Å². The topological polar surface area (TPSA) is 228 Å². The van der Waals surface area contributed by atoms with E-state index in [4.69, 9.17) is 18.9 Å². The number of nitrogens with one attached hydrogen (secondary N) is 1. The van der Waals surface area contributed by atoms with Crippen molar-refractivity contribution in [2.45, 2.75) is 331 Å². The summed E-state index contributed by atoms with van der Waals surface area (Å²) in [6.45, 7) is 2.82. The molecule has 12 atom stereocenters. The molecule has 9 N–H and O–H groups in total. The summed E-state index contributed by atoms with van der Waals surface area (Å²) in [6.07, 6.45) is 37.8. The lowest BCUT2D eigenvalue weighted by Gasteiger charge is -2.46. The van der Waals surface area contributed by atoms with E-state index in [-0.39, 0.29) is 18.9 Å². The van der Waals surface area contributed by atoms with Crippen LogP contribution in [-0.4, -0.2) is 140 Å². The Hall–Kier alpha value is -1.53. The number of carbonyl (C=O) groups is 1. The summed E-state index contributed by atoms with van der Waals surface area (Å²) in [7, 11) is 0. The minimum Gasteiger partial charge on any atom is -0.394 e. The van der Waals surface area contributed by atoms with Crippen molar-refractivity contribution in [2.24, 2.45) is 0 Å². The number of carbonyl (C=O) groups excluding carboxylic acids is 1. The lowest BCUT2D eigenvalue weighted by atomic mass is 9.97. The van der Waals surface area contributed by atoms with Gasteiger partial charge in [0.05, 0.1) is 32.0 Å². The molecule has 0 spiro atoms. The average Bonchev–Trinajstić information content (AvgIpc) is 3.40. The van der Waals surface area contributed by atoms with E-state index in [1.807, 2.05) is 6.08 Å². The Morgan fingerprint density at radius 2 is 0.851 bits per heavy atom. The minimum atomic E-state index is -1.79. The summed E-state index contributed by atoms with van der Waals surface area (Å²) >= 11 is 0. The first-order chi connectivity index (χ1) is 36.1. The number of rotatable bonds is 49. The summed E-state index contributed by atoms with van der Waals surface area (Å²) in [5.41, 5.74) is 0. The molecule has 0 bridgehead atoms. The molecular formula is C60H113NO13. The standard InChI is InChI=1S/C60H113NO13/c1-3-5-7-9-11-13-15-17-19-21-22-23-24-25-26-28-29-31-33-35-37-39-41-43-49(64)48(61-52(65)44-42-40-38-36-34-32-30-27-20-18-16-14-12-10-8-6-4-2)47-71-59-57(70)55(68)58(51(46-63)73-59)74-60-56(69)54(67)53(66)50(45-62)72-60/h18,20,41,43,48-51,53-60,62-64,66-70H,3-17,19,21-40,42,44-47H2,1-2H3,(H,61,65)/b20-18-,43-41+. The minimum absolute atomic E-state index is 0.241. The molecule has 2 heterocycles. The van der Waals surface area contributed by atoms with Crippen molar-refractivity contribution >= 4 is 5.91 Å². The van der Waals surface area contributed by atoms with Gasteiger partial charge in [0.1, 0.15) is 48.8 Å². The number of hydrogen-bond donors (Lipinski definition) is 9. The lowest BCUT2D eigenvalue weighted by Crippen LogP contribution is -2.65. The molecule has 2 aliphatic heterocycles. The van der Waals surface area contributed by atoms with E-state index in [0.717, 1.165) is 44.9 Å². The molecule has 436 valence electrons. The first kappa shape index (κ1) is 68.6. The maximum absolute atomic E-state index is 13.2. The Bertz CT molecular complexity index is 1340. The summed E-state index contributed by atoms with van der Waals surface area (Å²) in [4.78, 5) is 13.2. The summed E-state index contributed by atoms with van der Waals surface area (Å²) < 4.78 is 22.8. The smallest absolute Gasteiger partial charge is 0.220 e. The molecule has 14 nitrogen and oxygen atoms in total. The molecule has 2 saturated heterocycles. The molecule has 0 aliphatic carbocycles. The highest BCUT2D eigenvalue weighted by molar-refractivity contribution is 5.76. The van der Waals surface area contributed by atoms with Gasteiger partial charge in [0.25, 0.3) is 0 Å². The van der Waals surface area contributed by atoms with Crippen molar-refractivity contribution in [3.8, 4) is 0 Å². The number of aliphatic hydroxyl groups excluding tert-OH is 8. The molecule has 0 aromatic carbocycles. The fourth-order valence-electron chi connectivity index (χ4n) is 10.2. The van der Waals surface area contributed by atoms with Crippen molar-refractivity contribution < 1.29 is 64.6 Å². The van der Waals surface area contributed by atoms with E-state index in [1.54, 1.807) is 6.08 Å². The quantitative estimate of drug-likeness (QED) is 0.0204. The van der Waals surface area contributed by atoms with Gasteiger partial charge in [-0.25, -0.2) is 0 Å². The first-order valence-electron chi connectivity index (χ1n) is 30.6. The van der Waals surface area contributed by atoms with Crippen LogP contribution in [-0.2, 0) is 23.7 Å². The Morgan fingerprint density at radius 3 is 1.28 bits per heavy atom. The molecule has 0 saturated carbocycles. The van der Waals surface area contributed by atoms with Crippen LogP contribution in [0.15, 0.2) is 24.3 Å². The molecule has 12 unspecified atom stereocenters. The van der Waals surface area contributed by atoms with Crippen LogP contribution in [0.4, 0.5) is 0 Å². The van der Waals surface area contributed by atoms with Crippen LogP contribution in [0.5, 0.6) is 0 Å². The molecule has 2 rings (SSSR count). The van der Waals surface area contributed by atoms with Gasteiger partial charge in [0.2, 0.25) is 5.91 Å². The van der Waals surface area contributed by atoms with Crippen molar-refractivity contribution in [1.82, 2.24) is 5.32 Å². The van der Waals surface area contributed by atoms with Crippen molar-refractivity contribution in [3.05, 3.63) is 24.3 Å². The number of amides is 1. The van der Waals surface area contributed by atoms with Gasteiger partial charge >= 0.3 is 0 Å². The van der Waals surface area contributed by atoms with E-state index in [2.05, 4.69) is 31.3 Å². The molecule has 1 amide bonds. The number of unbranched alkanes of at least 4 members (excludes halogenated alkanes) is 34. The maximum Gasteiger partial charge on any atom is 0.220 e. The van der Waals surface area contributed by atoms with E-state index >= 15 is 0 Å². The number of hydrogen-bond acceptors (Lipinski definition) is 13. The van der Waals surface area contributed by atoms with E-state index < -0.39 is 86.8 Å². The molecule has 2 fully saturated rings. The summed E-state index contributed by atoms with van der Waals surface area (Å²) in [6, 6.07) is -0.915. The van der Waals surface area contributed by atoms with Crippen LogP contribution in [0.25, 0.3) is 0 Å². The number of aliphatic hydroxyl groups is 8. The molecule has 74 heavy (non-hydrogen) atoms. The molecule has 0 aromatic heterocycles. The van der Waals surface area contributed by atoms with Crippen LogP contribution in [0.2, 0.25) is 0 Å². The van der Waals surface area contributed by atoms with Gasteiger partial charge in [-0.2, -0.15) is 0 Å². The molecular weight excluding hydrogens is 943 g/mol.